The lowest BCUT2D eigenvalue weighted by Crippen LogP contribution is -2.39. The van der Waals surface area contributed by atoms with E-state index in [1.165, 1.54) is 17.8 Å². The van der Waals surface area contributed by atoms with Crippen molar-refractivity contribution in [2.24, 2.45) is 13.0 Å². The first kappa shape index (κ1) is 12.3. The number of rotatable bonds is 2. The van der Waals surface area contributed by atoms with Gasteiger partial charge in [-0.1, -0.05) is 13.8 Å². The summed E-state index contributed by atoms with van der Waals surface area (Å²) in [4.78, 5) is 31.8. The molecule has 2 aromatic heterocycles. The van der Waals surface area contributed by atoms with Crippen LogP contribution in [0.3, 0.4) is 0 Å². The lowest BCUT2D eigenvalue weighted by molar-refractivity contribution is 0.499. The Balaban J connectivity index is 2.94. The van der Waals surface area contributed by atoms with Crippen LogP contribution in [0, 0.1) is 5.92 Å². The molecule has 0 saturated carbocycles. The average molecular weight is 249 g/mol. The zero-order valence-corrected chi connectivity index (χ0v) is 10.5. The Morgan fingerprint density at radius 3 is 2.67 bits per heavy atom. The van der Waals surface area contributed by atoms with Gasteiger partial charge < -0.3 is 5.73 Å². The maximum atomic E-state index is 12.1. The van der Waals surface area contributed by atoms with Crippen molar-refractivity contribution in [3.8, 4) is 0 Å². The lowest BCUT2D eigenvalue weighted by Gasteiger charge is -2.12. The van der Waals surface area contributed by atoms with Crippen molar-refractivity contribution >= 4 is 17.0 Å². The number of nitrogens with zero attached hydrogens (tertiary/aromatic N) is 4. The maximum Gasteiger partial charge on any atom is 0.332 e. The molecule has 0 amide bonds. The van der Waals surface area contributed by atoms with Crippen LogP contribution in [-0.2, 0) is 13.6 Å². The fraction of sp³-hybridized carbons (Fsp3) is 0.455. The smallest absolute Gasteiger partial charge is 0.332 e. The Hall–Kier alpha value is -2.18. The molecule has 2 N–H and O–H groups in total. The second kappa shape index (κ2) is 4.25. The van der Waals surface area contributed by atoms with Crippen LogP contribution in [0.4, 0.5) is 5.95 Å². The summed E-state index contributed by atoms with van der Waals surface area (Å²) in [6.07, 6.45) is 1.36. The van der Waals surface area contributed by atoms with Crippen LogP contribution in [0.5, 0.6) is 0 Å². The largest absolute Gasteiger partial charge is 0.368 e. The van der Waals surface area contributed by atoms with Gasteiger partial charge in [0.15, 0.2) is 5.65 Å². The van der Waals surface area contributed by atoms with Gasteiger partial charge in [-0.15, -0.1) is 0 Å². The van der Waals surface area contributed by atoms with Crippen LogP contribution in [0.25, 0.3) is 11.0 Å². The normalized spacial score (nSPS) is 11.3. The Morgan fingerprint density at radius 1 is 1.39 bits per heavy atom. The number of nitrogens with two attached hydrogens (primary N) is 1. The molecule has 0 atom stereocenters. The minimum Gasteiger partial charge on any atom is -0.368 e. The van der Waals surface area contributed by atoms with E-state index in [2.05, 4.69) is 9.97 Å². The quantitative estimate of drug-likeness (QED) is 0.790. The Labute approximate surface area is 103 Å². The molecule has 0 aliphatic carbocycles. The zero-order chi connectivity index (χ0) is 13.4. The molecular weight excluding hydrogens is 234 g/mol. The average Bonchev–Trinajstić information content (AvgIpc) is 2.31. The van der Waals surface area contributed by atoms with Crippen molar-refractivity contribution in [1.82, 2.24) is 19.1 Å². The number of hydrogen-bond acceptors (Lipinski definition) is 5. The van der Waals surface area contributed by atoms with Gasteiger partial charge in [-0.25, -0.2) is 9.78 Å². The molecule has 0 spiro atoms. The number of fused-ring (bicyclic) bond motifs is 1. The highest BCUT2D eigenvalue weighted by molar-refractivity contribution is 5.73. The highest BCUT2D eigenvalue weighted by Gasteiger charge is 2.13. The SMILES string of the molecule is CC(C)Cn1c(=O)n(C)c(=O)c2cnc(N)nc21. The fourth-order valence-corrected chi connectivity index (χ4v) is 1.81. The van der Waals surface area contributed by atoms with Crippen LogP contribution in [0.1, 0.15) is 13.8 Å². The molecule has 0 radical (unpaired) electrons. The van der Waals surface area contributed by atoms with Crippen LogP contribution < -0.4 is 17.0 Å². The van der Waals surface area contributed by atoms with E-state index >= 15 is 0 Å². The molecule has 0 unspecified atom stereocenters. The fourth-order valence-electron chi connectivity index (χ4n) is 1.81. The van der Waals surface area contributed by atoms with Crippen LogP contribution in [0.15, 0.2) is 15.8 Å². The summed E-state index contributed by atoms with van der Waals surface area (Å²) in [5.74, 6) is 0.298. The third-order valence-corrected chi connectivity index (χ3v) is 2.64. The molecule has 7 nitrogen and oxygen atoms in total. The second-order valence-corrected chi connectivity index (χ2v) is 4.62. The molecule has 0 fully saturated rings. The molecule has 2 rings (SSSR count). The number of hydrogen-bond donors (Lipinski definition) is 1. The first-order valence-electron chi connectivity index (χ1n) is 5.64. The van der Waals surface area contributed by atoms with Gasteiger partial charge in [-0.3, -0.25) is 13.9 Å². The van der Waals surface area contributed by atoms with Gasteiger partial charge in [0.1, 0.15) is 5.39 Å². The first-order valence-corrected chi connectivity index (χ1v) is 5.64. The molecule has 0 aromatic carbocycles. The molecule has 18 heavy (non-hydrogen) atoms. The van der Waals surface area contributed by atoms with Crippen molar-refractivity contribution in [3.63, 3.8) is 0 Å². The van der Waals surface area contributed by atoms with Gasteiger partial charge in [0.05, 0.1) is 0 Å². The van der Waals surface area contributed by atoms with Crippen LogP contribution in [0.2, 0.25) is 0 Å². The number of aromatic nitrogens is 4. The van der Waals surface area contributed by atoms with Gasteiger partial charge >= 0.3 is 5.69 Å². The summed E-state index contributed by atoms with van der Waals surface area (Å²) >= 11 is 0. The van der Waals surface area contributed by atoms with Gasteiger partial charge in [0, 0.05) is 19.8 Å². The van der Waals surface area contributed by atoms with Crippen molar-refractivity contribution < 1.29 is 0 Å². The maximum absolute atomic E-state index is 12.1. The van der Waals surface area contributed by atoms with E-state index < -0.39 is 5.56 Å². The summed E-state index contributed by atoms with van der Waals surface area (Å²) in [7, 11) is 1.44. The van der Waals surface area contributed by atoms with Gasteiger partial charge in [0.25, 0.3) is 5.56 Å². The Bertz CT molecular complexity index is 714. The van der Waals surface area contributed by atoms with Crippen LogP contribution >= 0.6 is 0 Å². The summed E-state index contributed by atoms with van der Waals surface area (Å²) in [6.45, 7) is 4.43. The number of nitrogen functional groups attached to an aromatic ring is 1. The third-order valence-electron chi connectivity index (χ3n) is 2.64. The number of anilines is 1. The zero-order valence-electron chi connectivity index (χ0n) is 10.5. The molecule has 7 heteroatoms. The van der Waals surface area contributed by atoms with Crippen molar-refractivity contribution in [1.29, 1.82) is 0 Å². The molecular formula is C11H15N5O2. The third kappa shape index (κ3) is 1.87. The lowest BCUT2D eigenvalue weighted by atomic mass is 10.2. The Morgan fingerprint density at radius 2 is 2.06 bits per heavy atom. The van der Waals surface area contributed by atoms with E-state index in [-0.39, 0.29) is 17.6 Å². The summed E-state index contributed by atoms with van der Waals surface area (Å²) in [6, 6.07) is 0. The first-order chi connectivity index (χ1) is 8.41. The van der Waals surface area contributed by atoms with Crippen molar-refractivity contribution in [2.45, 2.75) is 20.4 Å². The van der Waals surface area contributed by atoms with E-state index in [0.717, 1.165) is 4.57 Å². The molecule has 0 saturated heterocycles. The molecule has 0 bridgehead atoms. The predicted molar refractivity (Wildman–Crippen MR) is 68.3 cm³/mol. The van der Waals surface area contributed by atoms with E-state index in [1.54, 1.807) is 0 Å². The molecule has 2 heterocycles. The van der Waals surface area contributed by atoms with Gasteiger partial charge in [0.2, 0.25) is 5.95 Å². The topological polar surface area (TPSA) is 95.8 Å². The van der Waals surface area contributed by atoms with E-state index in [9.17, 15) is 9.59 Å². The minimum absolute atomic E-state index is 0.0488. The summed E-state index contributed by atoms with van der Waals surface area (Å²) in [5.41, 5.74) is 5.01. The van der Waals surface area contributed by atoms with Gasteiger partial charge in [-0.2, -0.15) is 4.98 Å². The predicted octanol–water partition coefficient (Wildman–Crippen LogP) is -0.272. The van der Waals surface area contributed by atoms with Crippen LogP contribution in [-0.4, -0.2) is 19.1 Å². The molecule has 0 aliphatic rings. The molecule has 0 aliphatic heterocycles. The highest BCUT2D eigenvalue weighted by atomic mass is 16.2. The highest BCUT2D eigenvalue weighted by Crippen LogP contribution is 2.07. The minimum atomic E-state index is -0.407. The van der Waals surface area contributed by atoms with Crippen molar-refractivity contribution in [2.75, 3.05) is 5.73 Å². The van der Waals surface area contributed by atoms with E-state index in [4.69, 9.17) is 5.73 Å². The standard InChI is InChI=1S/C11H15N5O2/c1-6(2)5-16-8-7(4-13-10(12)14-8)9(17)15(3)11(16)18/h4,6H,5H2,1-3H3,(H2,12,13,14). The molecule has 2 aromatic rings. The van der Waals surface area contributed by atoms with Crippen molar-refractivity contribution in [3.05, 3.63) is 27.0 Å². The summed E-state index contributed by atoms with van der Waals surface area (Å²) < 4.78 is 2.52. The summed E-state index contributed by atoms with van der Waals surface area (Å²) in [5, 5.41) is 0.298. The van der Waals surface area contributed by atoms with E-state index in [1.807, 2.05) is 13.8 Å². The molecule has 96 valence electrons. The second-order valence-electron chi connectivity index (χ2n) is 4.62. The Kier molecular flexibility index (Phi) is 2.90. The van der Waals surface area contributed by atoms with Gasteiger partial charge in [-0.05, 0) is 5.92 Å². The monoisotopic (exact) mass is 249 g/mol. The van der Waals surface area contributed by atoms with E-state index in [0.29, 0.717) is 17.6 Å².